The van der Waals surface area contributed by atoms with E-state index >= 15 is 0 Å². The molecule has 0 spiro atoms. The number of hydrogen-bond donors (Lipinski definition) is 0. The third-order valence-corrected chi connectivity index (χ3v) is 2.62. The highest BCUT2D eigenvalue weighted by Crippen LogP contribution is 2.19. The van der Waals surface area contributed by atoms with Crippen LogP contribution in [-0.2, 0) is 0 Å². The fourth-order valence-corrected chi connectivity index (χ4v) is 1.60. The van der Waals surface area contributed by atoms with Gasteiger partial charge in [0.15, 0.2) is 0 Å². The van der Waals surface area contributed by atoms with Crippen LogP contribution in [0.25, 0.3) is 0 Å². The lowest BCUT2D eigenvalue weighted by molar-refractivity contribution is 0.672. The summed E-state index contributed by atoms with van der Waals surface area (Å²) in [7, 11) is 0. The van der Waals surface area contributed by atoms with Crippen molar-refractivity contribution in [3.8, 4) is 0 Å². The first-order valence-corrected chi connectivity index (χ1v) is 5.87. The molecule has 0 aromatic carbocycles. The molecule has 0 unspecified atom stereocenters. The molecule has 0 saturated heterocycles. The van der Waals surface area contributed by atoms with Gasteiger partial charge in [-0.1, -0.05) is 44.3 Å². The van der Waals surface area contributed by atoms with Crippen LogP contribution >= 0.6 is 0 Å². The first kappa shape index (κ1) is 12.7. The Morgan fingerprint density at radius 2 is 1.31 bits per heavy atom. The van der Waals surface area contributed by atoms with Crippen LogP contribution in [-0.4, -0.2) is 0 Å². The van der Waals surface area contributed by atoms with Crippen LogP contribution in [0.1, 0.15) is 72.6 Å². The monoisotopic (exact) mass is 182 g/mol. The molecule has 0 aliphatic carbocycles. The summed E-state index contributed by atoms with van der Waals surface area (Å²) in [5.74, 6) is 0. The maximum atomic E-state index is 2.27. The molecule has 0 aliphatic rings. The SMILES string of the molecule is CCCCCC(CCCC)=C(C)C. The Balaban J connectivity index is 3.76. The Morgan fingerprint density at radius 3 is 1.77 bits per heavy atom. The largest absolute Gasteiger partial charge is 0.0772 e. The van der Waals surface area contributed by atoms with Crippen molar-refractivity contribution in [1.29, 1.82) is 0 Å². The van der Waals surface area contributed by atoms with E-state index in [9.17, 15) is 0 Å². The van der Waals surface area contributed by atoms with Crippen molar-refractivity contribution in [1.82, 2.24) is 0 Å². The molecule has 0 N–H and O–H groups in total. The second-order valence-electron chi connectivity index (χ2n) is 4.16. The van der Waals surface area contributed by atoms with Crippen LogP contribution in [0.15, 0.2) is 11.1 Å². The minimum Gasteiger partial charge on any atom is -0.0772 e. The van der Waals surface area contributed by atoms with E-state index in [1.807, 2.05) is 0 Å². The number of hydrogen-bond acceptors (Lipinski definition) is 0. The Morgan fingerprint density at radius 1 is 0.769 bits per heavy atom. The predicted octanol–water partition coefficient (Wildman–Crippen LogP) is 5.09. The van der Waals surface area contributed by atoms with Gasteiger partial charge in [-0.2, -0.15) is 0 Å². The predicted molar refractivity (Wildman–Crippen MR) is 62.0 cm³/mol. The minimum atomic E-state index is 1.32. The topological polar surface area (TPSA) is 0 Å². The molecule has 0 aromatic heterocycles. The minimum absolute atomic E-state index is 1.32. The van der Waals surface area contributed by atoms with Gasteiger partial charge >= 0.3 is 0 Å². The third-order valence-electron chi connectivity index (χ3n) is 2.62. The standard InChI is InChI=1S/C13H26/c1-5-7-9-11-13(12(3)4)10-8-6-2/h5-11H2,1-4H3. The molecule has 0 heterocycles. The van der Waals surface area contributed by atoms with Gasteiger partial charge in [-0.15, -0.1) is 0 Å². The van der Waals surface area contributed by atoms with Crippen LogP contribution in [0, 0.1) is 0 Å². The average Bonchev–Trinajstić information content (AvgIpc) is 2.10. The molecule has 0 radical (unpaired) electrons. The molecule has 0 amide bonds. The molecule has 0 bridgehead atoms. The van der Waals surface area contributed by atoms with E-state index in [1.165, 1.54) is 44.9 Å². The third kappa shape index (κ3) is 6.86. The van der Waals surface area contributed by atoms with E-state index in [4.69, 9.17) is 0 Å². The summed E-state index contributed by atoms with van der Waals surface area (Å²) in [6.45, 7) is 9.07. The maximum absolute atomic E-state index is 2.27. The van der Waals surface area contributed by atoms with Crippen molar-refractivity contribution >= 4 is 0 Å². The number of rotatable bonds is 7. The molecular weight excluding hydrogens is 156 g/mol. The van der Waals surface area contributed by atoms with Gasteiger partial charge in [0.25, 0.3) is 0 Å². The van der Waals surface area contributed by atoms with Crippen molar-refractivity contribution in [3.63, 3.8) is 0 Å². The van der Waals surface area contributed by atoms with Crippen molar-refractivity contribution in [3.05, 3.63) is 11.1 Å². The van der Waals surface area contributed by atoms with Crippen LogP contribution < -0.4 is 0 Å². The number of allylic oxidation sites excluding steroid dienone is 2. The van der Waals surface area contributed by atoms with Crippen molar-refractivity contribution in [2.75, 3.05) is 0 Å². The summed E-state index contributed by atoms with van der Waals surface area (Å²) in [4.78, 5) is 0. The quantitative estimate of drug-likeness (QED) is 0.380. The van der Waals surface area contributed by atoms with Gasteiger partial charge in [0.1, 0.15) is 0 Å². The molecule has 0 aromatic rings. The Hall–Kier alpha value is -0.260. The normalized spacial score (nSPS) is 10.2. The van der Waals surface area contributed by atoms with Crippen LogP contribution in [0.3, 0.4) is 0 Å². The molecule has 0 fully saturated rings. The molecule has 0 aliphatic heterocycles. The van der Waals surface area contributed by atoms with E-state index in [0.717, 1.165) is 0 Å². The van der Waals surface area contributed by atoms with Gasteiger partial charge in [-0.3, -0.25) is 0 Å². The Kier molecular flexibility index (Phi) is 8.18. The molecule has 0 saturated carbocycles. The average molecular weight is 182 g/mol. The van der Waals surface area contributed by atoms with E-state index in [-0.39, 0.29) is 0 Å². The van der Waals surface area contributed by atoms with Crippen molar-refractivity contribution in [2.24, 2.45) is 0 Å². The first-order chi connectivity index (χ1) is 6.22. The smallest absolute Gasteiger partial charge is 0.0318 e. The van der Waals surface area contributed by atoms with Crippen LogP contribution in [0.5, 0.6) is 0 Å². The number of unbranched alkanes of at least 4 members (excludes halogenated alkanes) is 3. The molecule has 0 heteroatoms. The second-order valence-corrected chi connectivity index (χ2v) is 4.16. The maximum Gasteiger partial charge on any atom is -0.0318 e. The van der Waals surface area contributed by atoms with Gasteiger partial charge in [0.05, 0.1) is 0 Å². The Labute approximate surface area is 84.4 Å². The lowest BCUT2D eigenvalue weighted by atomic mass is 9.98. The summed E-state index contributed by atoms with van der Waals surface area (Å²) in [5.41, 5.74) is 3.28. The fraction of sp³-hybridized carbons (Fsp3) is 0.846. The molecule has 0 rings (SSSR count). The second kappa shape index (κ2) is 8.34. The van der Waals surface area contributed by atoms with Gasteiger partial charge in [-0.05, 0) is 39.5 Å². The highest BCUT2D eigenvalue weighted by atomic mass is 14.0. The van der Waals surface area contributed by atoms with E-state index < -0.39 is 0 Å². The summed E-state index contributed by atoms with van der Waals surface area (Å²) in [5, 5.41) is 0. The van der Waals surface area contributed by atoms with Crippen molar-refractivity contribution < 1.29 is 0 Å². The van der Waals surface area contributed by atoms with Crippen LogP contribution in [0.4, 0.5) is 0 Å². The van der Waals surface area contributed by atoms with Crippen LogP contribution in [0.2, 0.25) is 0 Å². The van der Waals surface area contributed by atoms with E-state index in [1.54, 1.807) is 11.1 Å². The van der Waals surface area contributed by atoms with Gasteiger partial charge in [0.2, 0.25) is 0 Å². The zero-order valence-electron chi connectivity index (χ0n) is 9.95. The molecule has 78 valence electrons. The molecule has 0 atom stereocenters. The van der Waals surface area contributed by atoms with Gasteiger partial charge < -0.3 is 0 Å². The summed E-state index contributed by atoms with van der Waals surface area (Å²) in [6, 6.07) is 0. The zero-order valence-corrected chi connectivity index (χ0v) is 9.95. The summed E-state index contributed by atoms with van der Waals surface area (Å²) < 4.78 is 0. The lowest BCUT2D eigenvalue weighted by Crippen LogP contribution is -1.88. The van der Waals surface area contributed by atoms with Crippen molar-refractivity contribution in [2.45, 2.75) is 72.6 Å². The summed E-state index contributed by atoms with van der Waals surface area (Å²) in [6.07, 6.45) is 9.49. The van der Waals surface area contributed by atoms with E-state index in [0.29, 0.717) is 0 Å². The first-order valence-electron chi connectivity index (χ1n) is 5.87. The lowest BCUT2D eigenvalue weighted by Gasteiger charge is -2.08. The highest BCUT2D eigenvalue weighted by Gasteiger charge is 1.99. The zero-order chi connectivity index (χ0) is 10.1. The Bertz CT molecular complexity index is 138. The van der Waals surface area contributed by atoms with E-state index in [2.05, 4.69) is 27.7 Å². The molecular formula is C13H26. The molecule has 0 nitrogen and oxygen atoms in total. The van der Waals surface area contributed by atoms with Gasteiger partial charge in [0, 0.05) is 0 Å². The highest BCUT2D eigenvalue weighted by molar-refractivity contribution is 5.09. The van der Waals surface area contributed by atoms with Gasteiger partial charge in [-0.25, -0.2) is 0 Å². The summed E-state index contributed by atoms with van der Waals surface area (Å²) >= 11 is 0. The fourth-order valence-electron chi connectivity index (χ4n) is 1.60. The molecule has 13 heavy (non-hydrogen) atoms.